The molecule has 38 heavy (non-hydrogen) atoms. The van der Waals surface area contributed by atoms with E-state index in [0.717, 1.165) is 48.8 Å². The second-order valence-corrected chi connectivity index (χ2v) is 11.1. The van der Waals surface area contributed by atoms with E-state index in [0.29, 0.717) is 38.3 Å². The predicted molar refractivity (Wildman–Crippen MR) is 146 cm³/mol. The Morgan fingerprint density at radius 1 is 1.11 bits per heavy atom. The van der Waals surface area contributed by atoms with Gasteiger partial charge in [-0.1, -0.05) is 62.1 Å². The van der Waals surface area contributed by atoms with Crippen molar-refractivity contribution in [2.24, 2.45) is 23.5 Å². The van der Waals surface area contributed by atoms with E-state index in [1.165, 1.54) is 6.07 Å². The Balaban J connectivity index is 1.47. The maximum absolute atomic E-state index is 13.6. The highest BCUT2D eigenvalue weighted by atomic mass is 35.5. The Bertz CT molecular complexity index is 1170. The third-order valence-electron chi connectivity index (χ3n) is 7.72. The van der Waals surface area contributed by atoms with Crippen LogP contribution in [0.5, 0.6) is 0 Å². The lowest BCUT2D eigenvalue weighted by molar-refractivity contribution is -0.139. The number of likely N-dealkylation sites (tertiary alicyclic amines) is 1. The van der Waals surface area contributed by atoms with Crippen LogP contribution in [0.1, 0.15) is 63.9 Å². The van der Waals surface area contributed by atoms with Crippen LogP contribution in [0, 0.1) is 23.6 Å². The van der Waals surface area contributed by atoms with Gasteiger partial charge in [-0.2, -0.15) is 0 Å². The summed E-state index contributed by atoms with van der Waals surface area (Å²) < 4.78 is 13.6. The maximum atomic E-state index is 13.6. The van der Waals surface area contributed by atoms with E-state index in [9.17, 15) is 18.8 Å². The second-order valence-electron chi connectivity index (χ2n) is 10.7. The molecule has 2 unspecified atom stereocenters. The molecule has 1 saturated carbocycles. The number of nitrogens with two attached hydrogens (primary N) is 1. The van der Waals surface area contributed by atoms with Crippen molar-refractivity contribution in [2.75, 3.05) is 6.54 Å². The Morgan fingerprint density at radius 2 is 1.87 bits per heavy atom. The first-order chi connectivity index (χ1) is 18.3. The summed E-state index contributed by atoms with van der Waals surface area (Å²) in [7, 11) is 0. The zero-order chi connectivity index (χ0) is 27.2. The normalized spacial score (nSPS) is 19.5. The van der Waals surface area contributed by atoms with E-state index < -0.39 is 29.6 Å². The van der Waals surface area contributed by atoms with Gasteiger partial charge >= 0.3 is 0 Å². The number of hydrogen-bond donors (Lipinski definition) is 2. The molecule has 1 heterocycles. The number of primary amides is 1. The Morgan fingerprint density at radius 3 is 2.55 bits per heavy atom. The lowest BCUT2D eigenvalue weighted by Gasteiger charge is -2.28. The number of amides is 3. The smallest absolute Gasteiger partial charge is 0.245 e. The minimum absolute atomic E-state index is 0.0617. The molecule has 1 aliphatic carbocycles. The predicted octanol–water partition coefficient (Wildman–Crippen LogP) is 5.46. The highest BCUT2D eigenvalue weighted by molar-refractivity contribution is 6.31. The number of carbonyl (C=O) groups excluding carboxylic acids is 3. The molecule has 0 bridgehead atoms. The SMILES string of the molecule is CCCC(C(N)=O)C(CC1CC1)C(=O)N[C@H]1CCCCN(Cc2cccc(-c3ccc(F)c(Cl)c3)c2)C1=O. The van der Waals surface area contributed by atoms with E-state index in [-0.39, 0.29) is 16.8 Å². The van der Waals surface area contributed by atoms with Gasteiger partial charge < -0.3 is 16.0 Å². The van der Waals surface area contributed by atoms with Crippen LogP contribution in [0.4, 0.5) is 4.39 Å². The van der Waals surface area contributed by atoms with Crippen molar-refractivity contribution < 1.29 is 18.8 Å². The van der Waals surface area contributed by atoms with Crippen LogP contribution in [-0.2, 0) is 20.9 Å². The van der Waals surface area contributed by atoms with Gasteiger partial charge in [-0.15, -0.1) is 0 Å². The average Bonchev–Trinajstić information content (AvgIpc) is 3.73. The molecule has 1 aliphatic heterocycles. The maximum Gasteiger partial charge on any atom is 0.245 e. The number of nitrogens with one attached hydrogen (secondary N) is 1. The lowest BCUT2D eigenvalue weighted by Crippen LogP contribution is -2.50. The van der Waals surface area contributed by atoms with Crippen molar-refractivity contribution in [1.82, 2.24) is 10.2 Å². The molecule has 2 fully saturated rings. The third kappa shape index (κ3) is 7.13. The first kappa shape index (κ1) is 28.1. The van der Waals surface area contributed by atoms with Gasteiger partial charge in [-0.3, -0.25) is 14.4 Å². The van der Waals surface area contributed by atoms with Gasteiger partial charge in [-0.05, 0) is 72.9 Å². The van der Waals surface area contributed by atoms with Gasteiger partial charge in [0.1, 0.15) is 11.9 Å². The minimum Gasteiger partial charge on any atom is -0.369 e. The first-order valence-corrected chi connectivity index (χ1v) is 14.1. The molecule has 0 aromatic heterocycles. The summed E-state index contributed by atoms with van der Waals surface area (Å²) in [4.78, 5) is 41.0. The summed E-state index contributed by atoms with van der Waals surface area (Å²) in [6, 6.07) is 11.7. The van der Waals surface area contributed by atoms with Gasteiger partial charge in [0.25, 0.3) is 0 Å². The fourth-order valence-electron chi connectivity index (χ4n) is 5.44. The lowest BCUT2D eigenvalue weighted by atomic mass is 9.83. The van der Waals surface area contributed by atoms with Crippen molar-refractivity contribution in [3.05, 3.63) is 58.9 Å². The Labute approximate surface area is 229 Å². The van der Waals surface area contributed by atoms with Crippen LogP contribution in [-0.4, -0.2) is 35.2 Å². The topological polar surface area (TPSA) is 92.5 Å². The van der Waals surface area contributed by atoms with E-state index >= 15 is 0 Å². The highest BCUT2D eigenvalue weighted by Crippen LogP contribution is 2.38. The van der Waals surface area contributed by atoms with E-state index in [1.54, 1.807) is 17.0 Å². The quantitative estimate of drug-likeness (QED) is 0.395. The molecule has 0 radical (unpaired) electrons. The Kier molecular flexibility index (Phi) is 9.42. The molecular weight excluding hydrogens is 505 g/mol. The summed E-state index contributed by atoms with van der Waals surface area (Å²) in [5, 5.41) is 3.07. The van der Waals surface area contributed by atoms with Crippen molar-refractivity contribution in [3.8, 4) is 11.1 Å². The summed E-state index contributed by atoms with van der Waals surface area (Å²) >= 11 is 5.97. The van der Waals surface area contributed by atoms with Crippen molar-refractivity contribution in [1.29, 1.82) is 0 Å². The standard InChI is InChI=1S/C30H37ClFN3O3/c1-2-6-23(28(33)36)24(16-19-10-11-19)29(37)34-27-9-3-4-14-35(30(27)38)18-20-7-5-8-21(15-20)22-12-13-26(32)25(31)17-22/h5,7-8,12-13,15,17,19,23-24,27H,2-4,6,9-11,14,16,18H2,1H3,(H2,33,36)(H,34,37)/t23?,24?,27-/m0/s1. The van der Waals surface area contributed by atoms with Crippen LogP contribution >= 0.6 is 11.6 Å². The summed E-state index contributed by atoms with van der Waals surface area (Å²) in [5.41, 5.74) is 8.31. The van der Waals surface area contributed by atoms with Gasteiger partial charge in [0.05, 0.1) is 5.02 Å². The van der Waals surface area contributed by atoms with Gasteiger partial charge in [0.2, 0.25) is 17.7 Å². The molecule has 0 spiro atoms. The third-order valence-corrected chi connectivity index (χ3v) is 8.01. The molecule has 8 heteroatoms. The van der Waals surface area contributed by atoms with Crippen LogP contribution in [0.15, 0.2) is 42.5 Å². The number of rotatable bonds is 11. The monoisotopic (exact) mass is 541 g/mol. The molecular formula is C30H37ClFN3O3. The molecule has 3 amide bonds. The van der Waals surface area contributed by atoms with E-state index in [1.807, 2.05) is 31.2 Å². The van der Waals surface area contributed by atoms with E-state index in [4.69, 9.17) is 17.3 Å². The number of nitrogens with zero attached hydrogens (tertiary/aromatic N) is 1. The highest BCUT2D eigenvalue weighted by Gasteiger charge is 2.38. The molecule has 3 N–H and O–H groups in total. The van der Waals surface area contributed by atoms with Crippen molar-refractivity contribution in [2.45, 2.75) is 70.9 Å². The largest absolute Gasteiger partial charge is 0.369 e. The number of halogens is 2. The molecule has 6 nitrogen and oxygen atoms in total. The molecule has 1 saturated heterocycles. The number of benzene rings is 2. The average molecular weight is 542 g/mol. The van der Waals surface area contributed by atoms with Crippen molar-refractivity contribution in [3.63, 3.8) is 0 Å². The van der Waals surface area contributed by atoms with E-state index in [2.05, 4.69) is 5.32 Å². The van der Waals surface area contributed by atoms with Crippen LogP contribution in [0.25, 0.3) is 11.1 Å². The molecule has 2 aromatic carbocycles. The fraction of sp³-hybridized carbons (Fsp3) is 0.500. The summed E-state index contributed by atoms with van der Waals surface area (Å²) in [6.45, 7) is 2.98. The Hall–Kier alpha value is -2.93. The summed E-state index contributed by atoms with van der Waals surface area (Å²) in [5.74, 6) is -1.81. The van der Waals surface area contributed by atoms with Gasteiger partial charge in [0, 0.05) is 24.9 Å². The van der Waals surface area contributed by atoms with Gasteiger partial charge in [0.15, 0.2) is 0 Å². The number of hydrogen-bond acceptors (Lipinski definition) is 3. The zero-order valence-corrected chi connectivity index (χ0v) is 22.7. The second kappa shape index (κ2) is 12.7. The van der Waals surface area contributed by atoms with Crippen LogP contribution in [0.3, 0.4) is 0 Å². The fourth-order valence-corrected chi connectivity index (χ4v) is 5.62. The molecule has 4 rings (SSSR count). The molecule has 2 aromatic rings. The van der Waals surface area contributed by atoms with Crippen LogP contribution in [0.2, 0.25) is 5.02 Å². The number of carbonyl (C=O) groups is 3. The van der Waals surface area contributed by atoms with Crippen LogP contribution < -0.4 is 11.1 Å². The minimum atomic E-state index is -0.624. The summed E-state index contributed by atoms with van der Waals surface area (Å²) in [6.07, 6.45) is 6.35. The first-order valence-electron chi connectivity index (χ1n) is 13.7. The van der Waals surface area contributed by atoms with Gasteiger partial charge in [-0.25, -0.2) is 4.39 Å². The molecule has 204 valence electrons. The molecule has 2 aliphatic rings. The molecule has 3 atom stereocenters. The van der Waals surface area contributed by atoms with Crippen molar-refractivity contribution >= 4 is 29.3 Å². The zero-order valence-electron chi connectivity index (χ0n) is 21.9.